The van der Waals surface area contributed by atoms with Gasteiger partial charge >= 0.3 is 6.01 Å². The highest BCUT2D eigenvalue weighted by molar-refractivity contribution is 9.10. The predicted octanol–water partition coefficient (Wildman–Crippen LogP) is 3.73. The first-order valence-electron chi connectivity index (χ1n) is 5.95. The second-order valence-corrected chi connectivity index (χ2v) is 5.10. The zero-order chi connectivity index (χ0) is 13.7. The van der Waals surface area contributed by atoms with Crippen LogP contribution in [-0.2, 0) is 6.54 Å². The summed E-state index contributed by atoms with van der Waals surface area (Å²) >= 11 is 9.41. The fourth-order valence-electron chi connectivity index (χ4n) is 1.46. The molecule has 2 N–H and O–H groups in total. The Morgan fingerprint density at radius 2 is 2.21 bits per heavy atom. The molecular formula is C12H14BrClN4O. The molecule has 0 aliphatic heterocycles. The maximum atomic E-state index is 6.01. The molecule has 19 heavy (non-hydrogen) atoms. The van der Waals surface area contributed by atoms with E-state index in [0.29, 0.717) is 23.5 Å². The number of hydrogen-bond acceptors (Lipinski definition) is 5. The Kier molecular flexibility index (Phi) is 5.18. The van der Waals surface area contributed by atoms with Gasteiger partial charge in [-0.3, -0.25) is 0 Å². The molecule has 0 spiro atoms. The van der Waals surface area contributed by atoms with Gasteiger partial charge in [0.15, 0.2) is 0 Å². The van der Waals surface area contributed by atoms with E-state index in [-0.39, 0.29) is 0 Å². The molecule has 0 aliphatic carbocycles. The first-order valence-corrected chi connectivity index (χ1v) is 7.12. The van der Waals surface area contributed by atoms with Gasteiger partial charge in [-0.25, -0.2) is 0 Å². The van der Waals surface area contributed by atoms with Crippen LogP contribution < -0.4 is 10.6 Å². The summed E-state index contributed by atoms with van der Waals surface area (Å²) in [5, 5.41) is 14.7. The fraction of sp³-hybridized carbons (Fsp3) is 0.333. The molecule has 5 nitrogen and oxygen atoms in total. The molecule has 0 atom stereocenters. The molecule has 102 valence electrons. The first kappa shape index (κ1) is 14.3. The highest BCUT2D eigenvalue weighted by Crippen LogP contribution is 2.31. The third kappa shape index (κ3) is 3.92. The molecule has 0 amide bonds. The SMILES string of the molecule is CCCNCc1nnc(Nc2cccc(Cl)c2Br)o1. The highest BCUT2D eigenvalue weighted by atomic mass is 79.9. The molecule has 1 aromatic carbocycles. The van der Waals surface area contributed by atoms with Crippen LogP contribution in [-0.4, -0.2) is 16.7 Å². The molecule has 2 rings (SSSR count). The summed E-state index contributed by atoms with van der Waals surface area (Å²) in [6.07, 6.45) is 1.06. The molecule has 1 aromatic heterocycles. The second-order valence-electron chi connectivity index (χ2n) is 3.90. The first-order chi connectivity index (χ1) is 9.20. The Morgan fingerprint density at radius 3 is 3.00 bits per heavy atom. The van der Waals surface area contributed by atoms with E-state index in [4.69, 9.17) is 16.0 Å². The monoisotopic (exact) mass is 344 g/mol. The summed E-state index contributed by atoms with van der Waals surface area (Å²) in [5.74, 6) is 0.550. The van der Waals surface area contributed by atoms with Crippen molar-refractivity contribution >= 4 is 39.2 Å². The average Bonchev–Trinajstić information content (AvgIpc) is 2.83. The van der Waals surface area contributed by atoms with Crippen LogP contribution in [0, 0.1) is 0 Å². The maximum Gasteiger partial charge on any atom is 0.320 e. The highest BCUT2D eigenvalue weighted by Gasteiger charge is 2.09. The van der Waals surface area contributed by atoms with Gasteiger partial charge in [0.05, 0.1) is 21.7 Å². The molecule has 7 heteroatoms. The van der Waals surface area contributed by atoms with Crippen LogP contribution in [0.1, 0.15) is 19.2 Å². The van der Waals surface area contributed by atoms with Gasteiger partial charge < -0.3 is 15.1 Å². The lowest BCUT2D eigenvalue weighted by Crippen LogP contribution is -2.13. The van der Waals surface area contributed by atoms with Gasteiger partial charge in [0.25, 0.3) is 0 Å². The molecule has 0 bridgehead atoms. The van der Waals surface area contributed by atoms with Crippen molar-refractivity contribution in [2.24, 2.45) is 0 Å². The van der Waals surface area contributed by atoms with Crippen molar-refractivity contribution < 1.29 is 4.42 Å². The Morgan fingerprint density at radius 1 is 1.37 bits per heavy atom. The number of aromatic nitrogens is 2. The molecule has 0 saturated heterocycles. The molecule has 0 aliphatic rings. The van der Waals surface area contributed by atoms with Crippen LogP contribution in [0.3, 0.4) is 0 Å². The van der Waals surface area contributed by atoms with Gasteiger partial charge in [0.2, 0.25) is 5.89 Å². The number of halogens is 2. The van der Waals surface area contributed by atoms with Crippen molar-refractivity contribution in [1.29, 1.82) is 0 Å². The van der Waals surface area contributed by atoms with Crippen molar-refractivity contribution in [2.45, 2.75) is 19.9 Å². The fourth-order valence-corrected chi connectivity index (χ4v) is 2.00. The molecule has 2 aromatic rings. The van der Waals surface area contributed by atoms with E-state index < -0.39 is 0 Å². The topological polar surface area (TPSA) is 63.0 Å². The minimum absolute atomic E-state index is 0.344. The Labute approximate surface area is 124 Å². The number of anilines is 2. The Balaban J connectivity index is 2.01. The molecule has 0 fully saturated rings. The van der Waals surface area contributed by atoms with Gasteiger partial charge in [0, 0.05) is 0 Å². The lowest BCUT2D eigenvalue weighted by Gasteiger charge is -2.05. The third-order valence-corrected chi connectivity index (χ3v) is 3.76. The Hall–Kier alpha value is -1.11. The van der Waals surface area contributed by atoms with Crippen molar-refractivity contribution in [3.63, 3.8) is 0 Å². The Bertz CT molecular complexity index is 546. The molecule has 0 radical (unpaired) electrons. The summed E-state index contributed by atoms with van der Waals surface area (Å²) in [7, 11) is 0. The van der Waals surface area contributed by atoms with Crippen molar-refractivity contribution in [2.75, 3.05) is 11.9 Å². The van der Waals surface area contributed by atoms with E-state index in [1.54, 1.807) is 6.07 Å². The number of hydrogen-bond donors (Lipinski definition) is 2. The van der Waals surface area contributed by atoms with Gasteiger partial charge in [-0.2, -0.15) is 0 Å². The summed E-state index contributed by atoms with van der Waals surface area (Å²) in [6, 6.07) is 5.85. The standard InChI is InChI=1S/C12H14BrClN4O/c1-2-6-15-7-10-17-18-12(19-10)16-9-5-3-4-8(14)11(9)13/h3-5,15H,2,6-7H2,1H3,(H,16,18). The van der Waals surface area contributed by atoms with Crippen molar-refractivity contribution in [3.05, 3.63) is 33.6 Å². The quantitative estimate of drug-likeness (QED) is 0.781. The van der Waals surface area contributed by atoms with Crippen LogP contribution in [0.5, 0.6) is 0 Å². The zero-order valence-electron chi connectivity index (χ0n) is 10.4. The summed E-state index contributed by atoms with van der Waals surface area (Å²) in [6.45, 7) is 3.59. The van der Waals surface area contributed by atoms with Crippen LogP contribution in [0.4, 0.5) is 11.7 Å². The van der Waals surface area contributed by atoms with E-state index in [0.717, 1.165) is 23.1 Å². The zero-order valence-corrected chi connectivity index (χ0v) is 12.8. The molecule has 0 unspecified atom stereocenters. The summed E-state index contributed by atoms with van der Waals surface area (Å²) < 4.78 is 6.23. The van der Waals surface area contributed by atoms with Crippen molar-refractivity contribution in [3.8, 4) is 0 Å². The summed E-state index contributed by atoms with van der Waals surface area (Å²) in [4.78, 5) is 0. The molecular weight excluding hydrogens is 332 g/mol. The van der Waals surface area contributed by atoms with E-state index in [9.17, 15) is 0 Å². The number of nitrogens with one attached hydrogen (secondary N) is 2. The largest absolute Gasteiger partial charge is 0.406 e. The van der Waals surface area contributed by atoms with E-state index in [1.807, 2.05) is 12.1 Å². The minimum atomic E-state index is 0.344. The lowest BCUT2D eigenvalue weighted by molar-refractivity contribution is 0.479. The minimum Gasteiger partial charge on any atom is -0.406 e. The van der Waals surface area contributed by atoms with E-state index >= 15 is 0 Å². The number of nitrogens with zero attached hydrogens (tertiary/aromatic N) is 2. The third-order valence-electron chi connectivity index (χ3n) is 2.36. The maximum absolute atomic E-state index is 6.01. The number of benzene rings is 1. The lowest BCUT2D eigenvalue weighted by atomic mass is 10.3. The van der Waals surface area contributed by atoms with Gasteiger partial charge in [-0.1, -0.05) is 29.7 Å². The smallest absolute Gasteiger partial charge is 0.320 e. The van der Waals surface area contributed by atoms with Gasteiger partial charge in [-0.05, 0) is 41.0 Å². The van der Waals surface area contributed by atoms with E-state index in [2.05, 4.69) is 43.7 Å². The van der Waals surface area contributed by atoms with Gasteiger partial charge in [0.1, 0.15) is 0 Å². The normalized spacial score (nSPS) is 10.7. The van der Waals surface area contributed by atoms with Crippen LogP contribution in [0.15, 0.2) is 27.1 Å². The average molecular weight is 346 g/mol. The van der Waals surface area contributed by atoms with Crippen LogP contribution in [0.2, 0.25) is 5.02 Å². The second kappa shape index (κ2) is 6.88. The van der Waals surface area contributed by atoms with Crippen LogP contribution in [0.25, 0.3) is 0 Å². The predicted molar refractivity (Wildman–Crippen MR) is 78.7 cm³/mol. The number of rotatable bonds is 6. The van der Waals surface area contributed by atoms with Crippen molar-refractivity contribution in [1.82, 2.24) is 15.5 Å². The molecule has 1 heterocycles. The van der Waals surface area contributed by atoms with E-state index in [1.165, 1.54) is 0 Å². The summed E-state index contributed by atoms with van der Waals surface area (Å²) in [5.41, 5.74) is 0.782. The molecule has 0 saturated carbocycles. The van der Waals surface area contributed by atoms with Gasteiger partial charge in [-0.15, -0.1) is 5.10 Å². The van der Waals surface area contributed by atoms with Crippen LogP contribution >= 0.6 is 27.5 Å².